The topological polar surface area (TPSA) is 90.1 Å². The number of hydrogen-bond acceptors (Lipinski definition) is 3. The van der Waals surface area contributed by atoms with E-state index in [2.05, 4.69) is 40.7 Å². The minimum atomic E-state index is -0.131. The molecule has 0 saturated carbocycles. The quantitative estimate of drug-likeness (QED) is 0.763. The standard InChI is InChI=1S/C20H27N5O2/c1-13(2)15-6-4-8-17(10-15)23-20(27)25-9-5-7-16(12-25)19-18(11-21-24-19)22-14(3)26/h4,6,8,10-11,13,16H,5,7,9,12H2,1-3H3,(H,21,24)(H,22,26)(H,23,27)/t16-/m1/s1. The summed E-state index contributed by atoms with van der Waals surface area (Å²) in [6.45, 7) is 7.05. The third-order valence-electron chi connectivity index (χ3n) is 4.90. The van der Waals surface area contributed by atoms with Gasteiger partial charge in [0, 0.05) is 31.6 Å². The lowest BCUT2D eigenvalue weighted by Crippen LogP contribution is -2.41. The molecule has 0 bridgehead atoms. The van der Waals surface area contributed by atoms with Gasteiger partial charge in [0.15, 0.2) is 0 Å². The lowest BCUT2D eigenvalue weighted by atomic mass is 9.94. The fourth-order valence-corrected chi connectivity index (χ4v) is 3.47. The highest BCUT2D eigenvalue weighted by atomic mass is 16.2. The maximum atomic E-state index is 12.7. The maximum Gasteiger partial charge on any atom is 0.321 e. The molecule has 3 N–H and O–H groups in total. The number of carbonyl (C=O) groups excluding carboxylic acids is 2. The van der Waals surface area contributed by atoms with E-state index in [9.17, 15) is 9.59 Å². The minimum absolute atomic E-state index is 0.0961. The van der Waals surface area contributed by atoms with Crippen LogP contribution in [0.15, 0.2) is 30.5 Å². The van der Waals surface area contributed by atoms with Crippen LogP contribution in [0.1, 0.15) is 56.7 Å². The van der Waals surface area contributed by atoms with Crippen molar-refractivity contribution in [2.24, 2.45) is 0 Å². The zero-order valence-electron chi connectivity index (χ0n) is 16.1. The number of rotatable bonds is 4. The van der Waals surface area contributed by atoms with Gasteiger partial charge in [-0.15, -0.1) is 0 Å². The van der Waals surface area contributed by atoms with Crippen LogP contribution >= 0.6 is 0 Å². The summed E-state index contributed by atoms with van der Waals surface area (Å²) in [7, 11) is 0. The van der Waals surface area contributed by atoms with Crippen LogP contribution in [0.5, 0.6) is 0 Å². The molecule has 7 nitrogen and oxygen atoms in total. The second-order valence-corrected chi connectivity index (χ2v) is 7.37. The van der Waals surface area contributed by atoms with Crippen LogP contribution in [0, 0.1) is 0 Å². The predicted octanol–water partition coefficient (Wildman–Crippen LogP) is 3.90. The van der Waals surface area contributed by atoms with E-state index < -0.39 is 0 Å². The zero-order chi connectivity index (χ0) is 19.4. The number of likely N-dealkylation sites (tertiary alicyclic amines) is 1. The van der Waals surface area contributed by atoms with E-state index in [1.807, 2.05) is 23.1 Å². The number of anilines is 2. The number of H-pyrrole nitrogens is 1. The number of carbonyl (C=O) groups is 2. The lowest BCUT2D eigenvalue weighted by molar-refractivity contribution is -0.114. The molecular weight excluding hydrogens is 342 g/mol. The van der Waals surface area contributed by atoms with Crippen molar-refractivity contribution in [2.45, 2.75) is 45.4 Å². The summed E-state index contributed by atoms with van der Waals surface area (Å²) < 4.78 is 0. The third-order valence-corrected chi connectivity index (χ3v) is 4.90. The van der Waals surface area contributed by atoms with Gasteiger partial charge in [0.25, 0.3) is 0 Å². The number of amides is 3. The highest BCUT2D eigenvalue weighted by Crippen LogP contribution is 2.30. The number of nitrogens with one attached hydrogen (secondary N) is 3. The molecule has 1 atom stereocenters. The molecule has 0 radical (unpaired) electrons. The van der Waals surface area contributed by atoms with Gasteiger partial charge in [0.2, 0.25) is 5.91 Å². The zero-order valence-corrected chi connectivity index (χ0v) is 16.1. The number of aromatic amines is 1. The summed E-state index contributed by atoms with van der Waals surface area (Å²) >= 11 is 0. The molecule has 1 aliphatic rings. The van der Waals surface area contributed by atoms with Gasteiger partial charge in [-0.25, -0.2) is 4.79 Å². The van der Waals surface area contributed by atoms with Crippen molar-refractivity contribution in [1.29, 1.82) is 0 Å². The third kappa shape index (κ3) is 4.67. The van der Waals surface area contributed by atoms with Gasteiger partial charge in [0.05, 0.1) is 17.6 Å². The molecule has 1 aliphatic heterocycles. The van der Waals surface area contributed by atoms with Gasteiger partial charge in [-0.2, -0.15) is 5.10 Å². The van der Waals surface area contributed by atoms with Crippen LogP contribution in [-0.2, 0) is 4.79 Å². The summed E-state index contributed by atoms with van der Waals surface area (Å²) in [6.07, 6.45) is 3.47. The second-order valence-electron chi connectivity index (χ2n) is 7.37. The maximum absolute atomic E-state index is 12.7. The average molecular weight is 369 g/mol. The lowest BCUT2D eigenvalue weighted by Gasteiger charge is -2.32. The first kappa shape index (κ1) is 18.9. The first-order valence-corrected chi connectivity index (χ1v) is 9.40. The van der Waals surface area contributed by atoms with Crippen molar-refractivity contribution in [2.75, 3.05) is 23.7 Å². The molecule has 27 heavy (non-hydrogen) atoms. The molecule has 0 spiro atoms. The highest BCUT2D eigenvalue weighted by Gasteiger charge is 2.27. The summed E-state index contributed by atoms with van der Waals surface area (Å²) in [5, 5.41) is 12.9. The number of nitrogens with zero attached hydrogens (tertiary/aromatic N) is 2. The SMILES string of the molecule is CC(=O)Nc1cn[nH]c1[C@@H]1CCCN(C(=O)Nc2cccc(C(C)C)c2)C1. The molecule has 7 heteroatoms. The van der Waals surface area contributed by atoms with Gasteiger partial charge in [-0.05, 0) is 36.5 Å². The highest BCUT2D eigenvalue weighted by molar-refractivity contribution is 5.90. The molecule has 0 aliphatic carbocycles. The Kier molecular flexibility index (Phi) is 5.78. The van der Waals surface area contributed by atoms with E-state index >= 15 is 0 Å². The molecule has 1 saturated heterocycles. The fraction of sp³-hybridized carbons (Fsp3) is 0.450. The van der Waals surface area contributed by atoms with Gasteiger partial charge < -0.3 is 15.5 Å². The predicted molar refractivity (Wildman–Crippen MR) is 106 cm³/mol. The number of urea groups is 1. The van der Waals surface area contributed by atoms with Crippen LogP contribution in [0.3, 0.4) is 0 Å². The van der Waals surface area contributed by atoms with Crippen LogP contribution in [0.4, 0.5) is 16.2 Å². The normalized spacial score (nSPS) is 17.0. The van der Waals surface area contributed by atoms with Crippen molar-refractivity contribution < 1.29 is 9.59 Å². The van der Waals surface area contributed by atoms with E-state index in [0.29, 0.717) is 18.2 Å². The monoisotopic (exact) mass is 369 g/mol. The molecule has 2 heterocycles. The van der Waals surface area contributed by atoms with E-state index in [4.69, 9.17) is 0 Å². The second kappa shape index (κ2) is 8.24. The Labute approximate surface area is 159 Å². The van der Waals surface area contributed by atoms with Crippen molar-refractivity contribution in [1.82, 2.24) is 15.1 Å². The molecular formula is C20H27N5O2. The summed E-state index contributed by atoms with van der Waals surface area (Å²) in [6, 6.07) is 7.87. The number of piperidine rings is 1. The largest absolute Gasteiger partial charge is 0.324 e. The van der Waals surface area contributed by atoms with Crippen molar-refractivity contribution in [3.8, 4) is 0 Å². The summed E-state index contributed by atoms with van der Waals surface area (Å²) in [5.74, 6) is 0.401. The molecule has 1 fully saturated rings. The van der Waals surface area contributed by atoms with E-state index in [1.54, 1.807) is 6.20 Å². The first-order chi connectivity index (χ1) is 12.9. The number of aromatic nitrogens is 2. The van der Waals surface area contributed by atoms with Crippen LogP contribution in [0.2, 0.25) is 0 Å². The Morgan fingerprint density at radius 1 is 1.30 bits per heavy atom. The molecule has 1 aromatic carbocycles. The molecule has 3 rings (SSSR count). The van der Waals surface area contributed by atoms with Gasteiger partial charge in [0.1, 0.15) is 0 Å². The van der Waals surface area contributed by atoms with Gasteiger partial charge in [-0.1, -0.05) is 26.0 Å². The van der Waals surface area contributed by atoms with Crippen molar-refractivity contribution in [3.05, 3.63) is 41.7 Å². The van der Waals surface area contributed by atoms with Gasteiger partial charge in [-0.3, -0.25) is 9.89 Å². The Hall–Kier alpha value is -2.83. The van der Waals surface area contributed by atoms with Crippen molar-refractivity contribution in [3.63, 3.8) is 0 Å². The van der Waals surface area contributed by atoms with Gasteiger partial charge >= 0.3 is 6.03 Å². The van der Waals surface area contributed by atoms with Crippen molar-refractivity contribution >= 4 is 23.3 Å². The van der Waals surface area contributed by atoms with E-state index in [-0.39, 0.29) is 17.9 Å². The van der Waals surface area contributed by atoms with Crippen LogP contribution in [0.25, 0.3) is 0 Å². The summed E-state index contributed by atoms with van der Waals surface area (Å²) in [4.78, 5) is 25.9. The molecule has 3 amide bonds. The Balaban J connectivity index is 1.67. The Bertz CT molecular complexity index is 814. The first-order valence-electron chi connectivity index (χ1n) is 9.40. The molecule has 1 aromatic heterocycles. The Morgan fingerprint density at radius 3 is 2.85 bits per heavy atom. The average Bonchev–Trinajstić information content (AvgIpc) is 3.09. The van der Waals surface area contributed by atoms with Crippen LogP contribution < -0.4 is 10.6 Å². The number of hydrogen-bond donors (Lipinski definition) is 3. The van der Waals surface area contributed by atoms with E-state index in [1.165, 1.54) is 12.5 Å². The van der Waals surface area contributed by atoms with Crippen LogP contribution in [-0.4, -0.2) is 40.1 Å². The number of benzene rings is 1. The smallest absolute Gasteiger partial charge is 0.321 e. The molecule has 144 valence electrons. The molecule has 0 unspecified atom stereocenters. The molecule has 2 aromatic rings. The fourth-order valence-electron chi connectivity index (χ4n) is 3.47. The summed E-state index contributed by atoms with van der Waals surface area (Å²) in [5.41, 5.74) is 3.58. The minimum Gasteiger partial charge on any atom is -0.324 e. The van der Waals surface area contributed by atoms with E-state index in [0.717, 1.165) is 30.8 Å². The Morgan fingerprint density at radius 2 is 2.11 bits per heavy atom.